The molecule has 0 aliphatic carbocycles. The van der Waals surface area contributed by atoms with Gasteiger partial charge in [0.2, 0.25) is 0 Å². The highest BCUT2D eigenvalue weighted by atomic mass is 19.4. The maximum absolute atomic E-state index is 11.0. The zero-order chi connectivity index (χ0) is 6.78. The molecule has 1 atom stereocenters. The van der Waals surface area contributed by atoms with Crippen LogP contribution in [0.3, 0.4) is 0 Å². The first-order valence-electron chi connectivity index (χ1n) is 1.60. The second-order valence-electron chi connectivity index (χ2n) is 1.04. The molecule has 0 aliphatic heterocycles. The molecule has 48 valence electrons. The van der Waals surface area contributed by atoms with Crippen molar-refractivity contribution in [2.24, 2.45) is 5.11 Å². The minimum Gasteiger partial charge on any atom is -0.363 e. The molecular formula is C2H3F3N2O. The Morgan fingerprint density at radius 2 is 1.88 bits per heavy atom. The van der Waals surface area contributed by atoms with E-state index in [0.29, 0.717) is 0 Å². The van der Waals surface area contributed by atoms with E-state index in [1.807, 2.05) is 5.11 Å². The predicted molar refractivity (Wildman–Crippen MR) is 17.2 cm³/mol. The summed E-state index contributed by atoms with van der Waals surface area (Å²) in [5.74, 6) is 0. The summed E-state index contributed by atoms with van der Waals surface area (Å²) in [6.07, 6.45) is -7.65. The van der Waals surface area contributed by atoms with E-state index < -0.39 is 12.4 Å². The molecule has 1 unspecified atom stereocenters. The van der Waals surface area contributed by atoms with E-state index in [-0.39, 0.29) is 0 Å². The zero-order valence-corrected chi connectivity index (χ0v) is 3.61. The molecule has 8 heavy (non-hydrogen) atoms. The SMILES string of the molecule is N=NC(O)C(F)(F)F. The second kappa shape index (κ2) is 2.08. The van der Waals surface area contributed by atoms with Crippen LogP contribution in [0.4, 0.5) is 13.2 Å². The molecule has 0 spiro atoms. The summed E-state index contributed by atoms with van der Waals surface area (Å²) in [5, 5.41) is 9.56. The largest absolute Gasteiger partial charge is 0.437 e. The number of aliphatic hydroxyl groups is 1. The van der Waals surface area contributed by atoms with E-state index in [1.54, 1.807) is 0 Å². The number of nitrogens with zero attached hydrogens (tertiary/aromatic N) is 1. The molecule has 0 aromatic carbocycles. The highest BCUT2D eigenvalue weighted by molar-refractivity contribution is 4.56. The van der Waals surface area contributed by atoms with E-state index >= 15 is 0 Å². The van der Waals surface area contributed by atoms with Crippen LogP contribution < -0.4 is 0 Å². The molecule has 0 heterocycles. The standard InChI is InChI=1S/C2H3F3N2O/c3-2(4,5)1(8)7-6/h1,6,8H. The van der Waals surface area contributed by atoms with Gasteiger partial charge in [-0.2, -0.15) is 18.3 Å². The highest BCUT2D eigenvalue weighted by Gasteiger charge is 2.38. The number of rotatable bonds is 1. The minimum absolute atomic E-state index is 1.84. The van der Waals surface area contributed by atoms with Gasteiger partial charge in [-0.3, -0.25) is 0 Å². The van der Waals surface area contributed by atoms with Gasteiger partial charge in [-0.05, 0) is 0 Å². The molecule has 6 heteroatoms. The van der Waals surface area contributed by atoms with Gasteiger partial charge in [-0.25, -0.2) is 5.53 Å². The average molecular weight is 128 g/mol. The van der Waals surface area contributed by atoms with Crippen molar-refractivity contribution in [2.75, 3.05) is 0 Å². The van der Waals surface area contributed by atoms with Crippen LogP contribution in [0.5, 0.6) is 0 Å². The van der Waals surface area contributed by atoms with Crippen molar-refractivity contribution in [2.45, 2.75) is 12.4 Å². The number of aliphatic hydroxyl groups excluding tert-OH is 1. The van der Waals surface area contributed by atoms with Crippen molar-refractivity contribution >= 4 is 0 Å². The lowest BCUT2D eigenvalue weighted by atomic mass is 10.6. The lowest BCUT2D eigenvalue weighted by molar-refractivity contribution is -0.203. The molecule has 0 aliphatic rings. The first-order valence-corrected chi connectivity index (χ1v) is 1.60. The summed E-state index contributed by atoms with van der Waals surface area (Å²) in [5.41, 5.74) is 5.72. The summed E-state index contributed by atoms with van der Waals surface area (Å²) < 4.78 is 33.0. The number of halogens is 3. The van der Waals surface area contributed by atoms with Crippen LogP contribution >= 0.6 is 0 Å². The number of nitrogens with one attached hydrogen (secondary N) is 1. The van der Waals surface area contributed by atoms with E-state index in [2.05, 4.69) is 0 Å². The fourth-order valence-corrected chi connectivity index (χ4v) is 0.0732. The van der Waals surface area contributed by atoms with Gasteiger partial charge in [0.25, 0.3) is 6.23 Å². The topological polar surface area (TPSA) is 56.4 Å². The van der Waals surface area contributed by atoms with E-state index in [1.165, 1.54) is 0 Å². The molecule has 3 nitrogen and oxygen atoms in total. The summed E-state index contributed by atoms with van der Waals surface area (Å²) in [6, 6.07) is 0. The Bertz CT molecular complexity index is 89.8. The Morgan fingerprint density at radius 3 is 1.88 bits per heavy atom. The first kappa shape index (κ1) is 7.35. The van der Waals surface area contributed by atoms with Crippen molar-refractivity contribution in [1.29, 1.82) is 5.53 Å². The average Bonchev–Trinajstić information content (AvgIpc) is 1.62. The molecule has 0 radical (unpaired) electrons. The van der Waals surface area contributed by atoms with Crippen LogP contribution in [0.2, 0.25) is 0 Å². The van der Waals surface area contributed by atoms with Crippen LogP contribution in [0, 0.1) is 5.53 Å². The maximum atomic E-state index is 11.0. The fourth-order valence-electron chi connectivity index (χ4n) is 0.0732. The molecule has 0 saturated heterocycles. The van der Waals surface area contributed by atoms with Crippen molar-refractivity contribution in [3.05, 3.63) is 0 Å². The predicted octanol–water partition coefficient (Wildman–Crippen LogP) is 0.898. The van der Waals surface area contributed by atoms with Gasteiger partial charge in [0, 0.05) is 0 Å². The Kier molecular flexibility index (Phi) is 1.91. The highest BCUT2D eigenvalue weighted by Crippen LogP contribution is 2.19. The van der Waals surface area contributed by atoms with Gasteiger partial charge in [0.15, 0.2) is 0 Å². The van der Waals surface area contributed by atoms with Crippen LogP contribution in [0.25, 0.3) is 0 Å². The molecule has 0 bridgehead atoms. The van der Waals surface area contributed by atoms with Gasteiger partial charge in [-0.15, -0.1) is 0 Å². The summed E-state index contributed by atoms with van der Waals surface area (Å²) in [6.45, 7) is 0. The van der Waals surface area contributed by atoms with Crippen LogP contribution in [0.1, 0.15) is 0 Å². The molecule has 2 N–H and O–H groups in total. The van der Waals surface area contributed by atoms with Crippen molar-refractivity contribution < 1.29 is 18.3 Å². The fraction of sp³-hybridized carbons (Fsp3) is 1.00. The monoisotopic (exact) mass is 128 g/mol. The Balaban J connectivity index is 3.80. The molecule has 0 aromatic heterocycles. The number of alkyl halides is 3. The Labute approximate surface area is 42.6 Å². The molecule has 0 rings (SSSR count). The summed E-state index contributed by atoms with van der Waals surface area (Å²) in [7, 11) is 0. The van der Waals surface area contributed by atoms with Crippen molar-refractivity contribution in [3.8, 4) is 0 Å². The molecular weight excluding hydrogens is 125 g/mol. The lowest BCUT2D eigenvalue weighted by Crippen LogP contribution is -2.25. The van der Waals surface area contributed by atoms with Gasteiger partial charge in [-0.1, -0.05) is 0 Å². The molecule has 0 aromatic rings. The minimum atomic E-state index is -4.79. The first-order chi connectivity index (χ1) is 3.48. The van der Waals surface area contributed by atoms with Crippen molar-refractivity contribution in [3.63, 3.8) is 0 Å². The third kappa shape index (κ3) is 1.87. The third-order valence-electron chi connectivity index (χ3n) is 0.415. The quantitative estimate of drug-likeness (QED) is 0.506. The number of hydrogen-bond donors (Lipinski definition) is 2. The maximum Gasteiger partial charge on any atom is 0.437 e. The molecule has 0 saturated carbocycles. The van der Waals surface area contributed by atoms with Gasteiger partial charge in [0.05, 0.1) is 0 Å². The van der Waals surface area contributed by atoms with Gasteiger partial charge in [0.1, 0.15) is 0 Å². The number of hydrogen-bond acceptors (Lipinski definition) is 3. The van der Waals surface area contributed by atoms with Gasteiger partial charge >= 0.3 is 6.18 Å². The van der Waals surface area contributed by atoms with Crippen LogP contribution in [-0.2, 0) is 0 Å². The second-order valence-corrected chi connectivity index (χ2v) is 1.04. The normalized spacial score (nSPS) is 15.5. The Morgan fingerprint density at radius 1 is 1.50 bits per heavy atom. The third-order valence-corrected chi connectivity index (χ3v) is 0.415. The van der Waals surface area contributed by atoms with E-state index in [9.17, 15) is 13.2 Å². The van der Waals surface area contributed by atoms with Crippen LogP contribution in [-0.4, -0.2) is 17.5 Å². The smallest absolute Gasteiger partial charge is 0.363 e. The molecule has 0 fully saturated rings. The molecule has 0 amide bonds. The van der Waals surface area contributed by atoms with Crippen molar-refractivity contribution in [1.82, 2.24) is 0 Å². The van der Waals surface area contributed by atoms with Gasteiger partial charge < -0.3 is 5.11 Å². The van der Waals surface area contributed by atoms with E-state index in [4.69, 9.17) is 10.6 Å². The summed E-state index contributed by atoms with van der Waals surface area (Å²) >= 11 is 0. The lowest BCUT2D eigenvalue weighted by Gasteiger charge is -2.05. The summed E-state index contributed by atoms with van der Waals surface area (Å²) in [4.78, 5) is 0. The zero-order valence-electron chi connectivity index (χ0n) is 3.61. The van der Waals surface area contributed by atoms with Crippen LogP contribution in [0.15, 0.2) is 5.11 Å². The Hall–Kier alpha value is -0.650. The van der Waals surface area contributed by atoms with E-state index in [0.717, 1.165) is 0 Å².